The van der Waals surface area contributed by atoms with Crippen molar-refractivity contribution in [2.45, 2.75) is 17.3 Å². The van der Waals surface area contributed by atoms with E-state index in [1.807, 2.05) is 36.4 Å². The fourth-order valence-corrected chi connectivity index (χ4v) is 3.70. The number of aromatic nitrogens is 3. The van der Waals surface area contributed by atoms with Gasteiger partial charge < -0.3 is 5.84 Å². The standard InChI is InChI=1S/C16H14Cl2N4S/c1-10(13-7-2-3-8-14(13)18)23-16-21-20-15(22(16)19)11-5-4-6-12(17)9-11/h2-10H,19H2,1H3/t10-/m0/s1. The molecule has 0 saturated heterocycles. The van der Waals surface area contributed by atoms with E-state index in [2.05, 4.69) is 17.1 Å². The number of nitrogens with zero attached hydrogens (tertiary/aromatic N) is 3. The third kappa shape index (κ3) is 3.47. The van der Waals surface area contributed by atoms with Crippen LogP contribution in [0.1, 0.15) is 17.7 Å². The molecule has 23 heavy (non-hydrogen) atoms. The molecule has 4 nitrogen and oxygen atoms in total. The van der Waals surface area contributed by atoms with Crippen LogP contribution in [0.5, 0.6) is 0 Å². The summed E-state index contributed by atoms with van der Waals surface area (Å²) in [6, 6.07) is 15.1. The average molecular weight is 365 g/mol. The maximum absolute atomic E-state index is 6.24. The van der Waals surface area contributed by atoms with Crippen molar-refractivity contribution in [3.63, 3.8) is 0 Å². The molecule has 1 heterocycles. The topological polar surface area (TPSA) is 56.7 Å². The van der Waals surface area contributed by atoms with E-state index in [1.165, 1.54) is 16.4 Å². The molecule has 3 rings (SSSR count). The van der Waals surface area contributed by atoms with Gasteiger partial charge in [0, 0.05) is 20.9 Å². The first-order chi connectivity index (χ1) is 11.1. The number of hydrogen-bond donors (Lipinski definition) is 1. The summed E-state index contributed by atoms with van der Waals surface area (Å²) in [5.74, 6) is 6.72. The highest BCUT2D eigenvalue weighted by Gasteiger charge is 2.17. The van der Waals surface area contributed by atoms with E-state index in [4.69, 9.17) is 29.0 Å². The lowest BCUT2D eigenvalue weighted by atomic mass is 10.2. The van der Waals surface area contributed by atoms with E-state index >= 15 is 0 Å². The quantitative estimate of drug-likeness (QED) is 0.532. The number of thioether (sulfide) groups is 1. The molecule has 2 N–H and O–H groups in total. The number of nitrogens with two attached hydrogens (primary N) is 1. The van der Waals surface area contributed by atoms with Gasteiger partial charge in [-0.15, -0.1) is 10.2 Å². The molecule has 1 atom stereocenters. The number of rotatable bonds is 4. The zero-order valence-electron chi connectivity index (χ0n) is 12.3. The number of nitrogen functional groups attached to an aromatic ring is 1. The molecule has 0 unspecified atom stereocenters. The Balaban J connectivity index is 1.87. The Labute approximate surface area is 148 Å². The molecule has 0 spiro atoms. The molecule has 0 saturated carbocycles. The Hall–Kier alpha value is -1.69. The van der Waals surface area contributed by atoms with E-state index in [9.17, 15) is 0 Å². The molecule has 0 aliphatic carbocycles. The van der Waals surface area contributed by atoms with Crippen molar-refractivity contribution < 1.29 is 0 Å². The van der Waals surface area contributed by atoms with Gasteiger partial charge in [-0.1, -0.05) is 65.3 Å². The summed E-state index contributed by atoms with van der Waals surface area (Å²) in [6.45, 7) is 2.06. The molecule has 0 bridgehead atoms. The van der Waals surface area contributed by atoms with E-state index < -0.39 is 0 Å². The van der Waals surface area contributed by atoms with Crippen molar-refractivity contribution in [1.29, 1.82) is 0 Å². The monoisotopic (exact) mass is 364 g/mol. The van der Waals surface area contributed by atoms with Crippen molar-refractivity contribution in [2.75, 3.05) is 5.84 Å². The minimum absolute atomic E-state index is 0.0995. The maximum atomic E-state index is 6.24. The van der Waals surface area contributed by atoms with Crippen LogP contribution in [0, 0.1) is 0 Å². The van der Waals surface area contributed by atoms with Crippen LogP contribution in [0.15, 0.2) is 53.7 Å². The lowest BCUT2D eigenvalue weighted by Gasteiger charge is -2.12. The van der Waals surface area contributed by atoms with Gasteiger partial charge in [0.1, 0.15) is 0 Å². The third-order valence-electron chi connectivity index (χ3n) is 3.37. The predicted octanol–water partition coefficient (Wildman–Crippen LogP) is 4.82. The molecule has 0 aliphatic heterocycles. The highest BCUT2D eigenvalue weighted by molar-refractivity contribution is 7.99. The number of benzene rings is 2. The lowest BCUT2D eigenvalue weighted by molar-refractivity contribution is 0.844. The first-order valence-corrected chi connectivity index (χ1v) is 8.57. The van der Waals surface area contributed by atoms with Gasteiger partial charge in [0.2, 0.25) is 5.16 Å². The summed E-state index contributed by atoms with van der Waals surface area (Å²) in [5.41, 5.74) is 1.86. The molecular weight excluding hydrogens is 351 g/mol. The summed E-state index contributed by atoms with van der Waals surface area (Å²) in [5, 5.41) is 10.4. The molecule has 2 aromatic carbocycles. The van der Waals surface area contributed by atoms with Crippen molar-refractivity contribution in [1.82, 2.24) is 14.9 Å². The second kappa shape index (κ2) is 6.83. The molecule has 0 aliphatic rings. The van der Waals surface area contributed by atoms with Crippen molar-refractivity contribution in [3.8, 4) is 11.4 Å². The molecule has 118 valence electrons. The van der Waals surface area contributed by atoms with Gasteiger partial charge in [0.25, 0.3) is 0 Å². The van der Waals surface area contributed by atoms with Crippen LogP contribution >= 0.6 is 35.0 Å². The van der Waals surface area contributed by atoms with Crippen LogP contribution < -0.4 is 5.84 Å². The second-order valence-corrected chi connectivity index (χ2v) is 7.12. The van der Waals surface area contributed by atoms with Crippen LogP contribution in [0.3, 0.4) is 0 Å². The second-order valence-electron chi connectivity index (χ2n) is 4.97. The van der Waals surface area contributed by atoms with E-state index in [0.717, 1.165) is 16.1 Å². The van der Waals surface area contributed by atoms with Crippen LogP contribution in [0.25, 0.3) is 11.4 Å². The van der Waals surface area contributed by atoms with Gasteiger partial charge in [-0.05, 0) is 30.7 Å². The predicted molar refractivity (Wildman–Crippen MR) is 96.3 cm³/mol. The van der Waals surface area contributed by atoms with E-state index in [0.29, 0.717) is 16.0 Å². The van der Waals surface area contributed by atoms with Crippen molar-refractivity contribution >= 4 is 35.0 Å². The third-order valence-corrected chi connectivity index (χ3v) is 5.05. The fourth-order valence-electron chi connectivity index (χ4n) is 2.21. The van der Waals surface area contributed by atoms with E-state index in [-0.39, 0.29) is 5.25 Å². The highest BCUT2D eigenvalue weighted by atomic mass is 35.5. The zero-order valence-corrected chi connectivity index (χ0v) is 14.6. The summed E-state index contributed by atoms with van der Waals surface area (Å²) in [6.07, 6.45) is 0. The molecule has 1 aromatic heterocycles. The van der Waals surface area contributed by atoms with Crippen molar-refractivity contribution in [2.24, 2.45) is 0 Å². The highest BCUT2D eigenvalue weighted by Crippen LogP contribution is 2.37. The smallest absolute Gasteiger partial charge is 0.210 e. The first kappa shape index (κ1) is 16.2. The van der Waals surface area contributed by atoms with Gasteiger partial charge in [0.15, 0.2) is 5.82 Å². The molecule has 3 aromatic rings. The summed E-state index contributed by atoms with van der Waals surface area (Å²) < 4.78 is 1.48. The van der Waals surface area contributed by atoms with Gasteiger partial charge >= 0.3 is 0 Å². The number of halogens is 2. The maximum Gasteiger partial charge on any atom is 0.210 e. The van der Waals surface area contributed by atoms with Crippen LogP contribution in [-0.2, 0) is 0 Å². The normalized spacial score (nSPS) is 12.3. The van der Waals surface area contributed by atoms with Gasteiger partial charge in [-0.25, -0.2) is 4.68 Å². The van der Waals surface area contributed by atoms with Crippen molar-refractivity contribution in [3.05, 3.63) is 64.1 Å². The summed E-state index contributed by atoms with van der Waals surface area (Å²) in [7, 11) is 0. The van der Waals surface area contributed by atoms with Gasteiger partial charge in [-0.2, -0.15) is 0 Å². The lowest BCUT2D eigenvalue weighted by Crippen LogP contribution is -2.12. The Morgan fingerprint density at radius 3 is 2.61 bits per heavy atom. The molecule has 7 heteroatoms. The largest absolute Gasteiger partial charge is 0.335 e. The minimum Gasteiger partial charge on any atom is -0.335 e. The van der Waals surface area contributed by atoms with Crippen LogP contribution in [0.4, 0.5) is 0 Å². The van der Waals surface area contributed by atoms with Gasteiger partial charge in [0.05, 0.1) is 0 Å². The molecule has 0 fully saturated rings. The summed E-state index contributed by atoms with van der Waals surface area (Å²) in [4.78, 5) is 0. The summed E-state index contributed by atoms with van der Waals surface area (Å²) >= 11 is 13.8. The molecule has 0 radical (unpaired) electrons. The minimum atomic E-state index is 0.0995. The van der Waals surface area contributed by atoms with Crippen LogP contribution in [0.2, 0.25) is 10.0 Å². The Kier molecular flexibility index (Phi) is 4.80. The number of hydrogen-bond acceptors (Lipinski definition) is 4. The van der Waals surface area contributed by atoms with Gasteiger partial charge in [-0.3, -0.25) is 0 Å². The zero-order chi connectivity index (χ0) is 16.4. The molecular formula is C16H14Cl2N4S. The Morgan fingerprint density at radius 1 is 1.09 bits per heavy atom. The molecule has 0 amide bonds. The van der Waals surface area contributed by atoms with Crippen LogP contribution in [-0.4, -0.2) is 14.9 Å². The fraction of sp³-hybridized carbons (Fsp3) is 0.125. The van der Waals surface area contributed by atoms with E-state index in [1.54, 1.807) is 12.1 Å². The Bertz CT molecular complexity index is 834. The first-order valence-electron chi connectivity index (χ1n) is 6.94. The Morgan fingerprint density at radius 2 is 1.87 bits per heavy atom. The average Bonchev–Trinajstić information content (AvgIpc) is 2.88. The SMILES string of the molecule is C[C@H](Sc1nnc(-c2cccc(Cl)c2)n1N)c1ccccc1Cl.